The van der Waals surface area contributed by atoms with Crippen LogP contribution < -0.4 is 15.8 Å². The minimum absolute atomic E-state index is 0.00176. The predicted octanol–water partition coefficient (Wildman–Crippen LogP) is -0.0247. The van der Waals surface area contributed by atoms with Crippen LogP contribution in [0.2, 0.25) is 0 Å². The molecule has 0 saturated carbocycles. The molecule has 0 atom stereocenters. The lowest BCUT2D eigenvalue weighted by Crippen LogP contribution is -2.18. The largest absolute Gasteiger partial charge is 0.328 e. The monoisotopic (exact) mass is 169 g/mol. The maximum atomic E-state index is 11.3. The molecule has 0 aromatic heterocycles. The Balaban J connectivity index is 2.45. The van der Waals surface area contributed by atoms with Crippen LogP contribution in [0.1, 0.15) is 15.9 Å². The molecule has 1 amide bonds. The van der Waals surface area contributed by atoms with Crippen LogP contribution in [0.25, 0.3) is 18.4 Å². The van der Waals surface area contributed by atoms with Crippen molar-refractivity contribution < 1.29 is 4.79 Å². The summed E-state index contributed by atoms with van der Waals surface area (Å²) in [6, 6.07) is 3.96. The van der Waals surface area contributed by atoms with E-state index in [0.29, 0.717) is 0 Å². The van der Waals surface area contributed by atoms with Crippen LogP contribution in [-0.4, -0.2) is 5.91 Å². The van der Waals surface area contributed by atoms with Crippen LogP contribution in [0, 0.1) is 0 Å². The minimum atomic E-state index is -0.00176. The number of amides is 1. The van der Waals surface area contributed by atoms with Gasteiger partial charge in [-0.3, -0.25) is 4.79 Å². The molecule has 13 heavy (non-hydrogen) atoms. The fraction of sp³-hybridized carbons (Fsp3) is 0. The third kappa shape index (κ3) is 0.798. The second-order valence-electron chi connectivity index (χ2n) is 3.21. The number of hydrogen-bond acceptors (Lipinski definition) is 1. The lowest BCUT2D eigenvalue weighted by atomic mass is 10.1. The number of carbonyl (C=O) groups is 1. The van der Waals surface area contributed by atoms with Crippen LogP contribution in [0.15, 0.2) is 18.2 Å². The fourth-order valence-electron chi connectivity index (χ4n) is 1.73. The average molecular weight is 169 g/mol. The number of nitrogens with one attached hydrogen (secondary N) is 1. The molecule has 2 nitrogen and oxygen atoms in total. The first-order valence-electron chi connectivity index (χ1n) is 4.18. The fourth-order valence-corrected chi connectivity index (χ4v) is 1.73. The van der Waals surface area contributed by atoms with Crippen LogP contribution in [0.3, 0.4) is 0 Å². The molecule has 1 heterocycles. The summed E-state index contributed by atoms with van der Waals surface area (Å²) in [7, 11) is 0. The van der Waals surface area contributed by atoms with E-state index in [9.17, 15) is 4.79 Å². The predicted molar refractivity (Wildman–Crippen MR) is 51.1 cm³/mol. The second-order valence-corrected chi connectivity index (χ2v) is 3.21. The zero-order valence-electron chi connectivity index (χ0n) is 6.87. The minimum Gasteiger partial charge on any atom is -0.328 e. The molecule has 0 bridgehead atoms. The highest BCUT2D eigenvalue weighted by Gasteiger charge is 2.13. The van der Waals surface area contributed by atoms with E-state index >= 15 is 0 Å². The smallest absolute Gasteiger partial charge is 0.255 e. The Kier molecular flexibility index (Phi) is 1.08. The molecule has 1 aromatic rings. The van der Waals surface area contributed by atoms with Gasteiger partial charge in [-0.2, -0.15) is 0 Å². The number of allylic oxidation sites excluding steroid dienone is 1. The van der Waals surface area contributed by atoms with E-state index < -0.39 is 0 Å². The van der Waals surface area contributed by atoms with Crippen LogP contribution >= 0.6 is 0 Å². The zero-order chi connectivity index (χ0) is 8.84. The van der Waals surface area contributed by atoms with Crippen molar-refractivity contribution in [2.75, 3.05) is 0 Å². The Labute approximate surface area is 74.9 Å². The molecule has 2 aliphatic rings. The molecular weight excluding hydrogens is 162 g/mol. The maximum absolute atomic E-state index is 11.3. The number of rotatable bonds is 0. The third-order valence-electron chi connectivity index (χ3n) is 2.41. The van der Waals surface area contributed by atoms with E-state index in [1.807, 2.05) is 30.4 Å². The molecule has 0 fully saturated rings. The number of carbonyl (C=O) groups excluding carboxylic acids is 1. The van der Waals surface area contributed by atoms with Gasteiger partial charge in [0.1, 0.15) is 0 Å². The molecule has 3 rings (SSSR count). The molecule has 1 aliphatic carbocycles. The molecule has 1 N–H and O–H groups in total. The lowest BCUT2D eigenvalue weighted by molar-refractivity contribution is 0.0980. The quantitative estimate of drug-likeness (QED) is 0.581. The SMILES string of the molecule is O=C1NC=c2cc3c(cc21)=CC=C3. The summed E-state index contributed by atoms with van der Waals surface area (Å²) in [5, 5.41) is 4.80. The van der Waals surface area contributed by atoms with Gasteiger partial charge in [-0.25, -0.2) is 0 Å². The first-order chi connectivity index (χ1) is 6.34. The van der Waals surface area contributed by atoms with Crippen molar-refractivity contribution in [3.8, 4) is 0 Å². The standard InChI is InChI=1S/C11H7NO/c13-11-10-5-8-3-1-2-7(8)4-9(10)6-12-11/h1-6H,(H,12,13). The molecule has 0 saturated heterocycles. The van der Waals surface area contributed by atoms with Gasteiger partial charge in [-0.15, -0.1) is 0 Å². The summed E-state index contributed by atoms with van der Waals surface area (Å²) >= 11 is 0. The van der Waals surface area contributed by atoms with Gasteiger partial charge in [0, 0.05) is 17.0 Å². The number of fused-ring (bicyclic) bond motifs is 2. The summed E-state index contributed by atoms with van der Waals surface area (Å²) < 4.78 is 0. The summed E-state index contributed by atoms with van der Waals surface area (Å²) in [6.07, 6.45) is 7.81. The van der Waals surface area contributed by atoms with Gasteiger partial charge in [0.05, 0.1) is 0 Å². The summed E-state index contributed by atoms with van der Waals surface area (Å²) in [5.74, 6) is -0.00176. The van der Waals surface area contributed by atoms with E-state index in [0.717, 1.165) is 16.0 Å². The van der Waals surface area contributed by atoms with Gasteiger partial charge >= 0.3 is 0 Å². The summed E-state index contributed by atoms with van der Waals surface area (Å²) in [4.78, 5) is 11.3. The molecule has 1 aromatic carbocycles. The molecule has 1 aliphatic heterocycles. The Hall–Kier alpha value is -1.83. The summed E-state index contributed by atoms with van der Waals surface area (Å²) in [6.45, 7) is 0. The second kappa shape index (κ2) is 2.10. The Morgan fingerprint density at radius 1 is 1.15 bits per heavy atom. The van der Waals surface area contributed by atoms with Crippen LogP contribution in [0.5, 0.6) is 0 Å². The van der Waals surface area contributed by atoms with Crippen molar-refractivity contribution in [2.45, 2.75) is 0 Å². The Bertz CT molecular complexity index is 552. The van der Waals surface area contributed by atoms with E-state index in [4.69, 9.17) is 0 Å². The lowest BCUT2D eigenvalue weighted by Gasteiger charge is -1.94. The first-order valence-corrected chi connectivity index (χ1v) is 4.18. The third-order valence-corrected chi connectivity index (χ3v) is 2.41. The Morgan fingerprint density at radius 3 is 3.00 bits per heavy atom. The van der Waals surface area contributed by atoms with E-state index in [1.165, 1.54) is 5.56 Å². The molecule has 0 unspecified atom stereocenters. The Morgan fingerprint density at radius 2 is 2.08 bits per heavy atom. The highest BCUT2D eigenvalue weighted by atomic mass is 16.1. The van der Waals surface area contributed by atoms with Crippen molar-refractivity contribution in [1.29, 1.82) is 0 Å². The first kappa shape index (κ1) is 6.66. The van der Waals surface area contributed by atoms with Crippen molar-refractivity contribution in [2.24, 2.45) is 0 Å². The van der Waals surface area contributed by atoms with Crippen molar-refractivity contribution in [1.82, 2.24) is 5.32 Å². The molecule has 62 valence electrons. The highest BCUT2D eigenvalue weighted by molar-refractivity contribution is 6.00. The van der Waals surface area contributed by atoms with Crippen molar-refractivity contribution in [3.05, 3.63) is 39.8 Å². The topological polar surface area (TPSA) is 29.1 Å². The number of benzene rings is 1. The van der Waals surface area contributed by atoms with Gasteiger partial charge in [0.15, 0.2) is 0 Å². The van der Waals surface area contributed by atoms with E-state index in [-0.39, 0.29) is 5.91 Å². The van der Waals surface area contributed by atoms with Gasteiger partial charge in [0.25, 0.3) is 5.91 Å². The molecule has 2 heteroatoms. The average Bonchev–Trinajstić information content (AvgIpc) is 2.70. The zero-order valence-corrected chi connectivity index (χ0v) is 6.87. The van der Waals surface area contributed by atoms with E-state index in [1.54, 1.807) is 6.20 Å². The van der Waals surface area contributed by atoms with Gasteiger partial charge < -0.3 is 5.32 Å². The normalized spacial score (nSPS) is 15.8. The molecule has 0 radical (unpaired) electrons. The molecular formula is C11H7NO. The van der Waals surface area contributed by atoms with E-state index in [2.05, 4.69) is 5.32 Å². The maximum Gasteiger partial charge on any atom is 0.255 e. The number of hydrogen-bond donors (Lipinski definition) is 1. The van der Waals surface area contributed by atoms with Crippen molar-refractivity contribution in [3.63, 3.8) is 0 Å². The van der Waals surface area contributed by atoms with Gasteiger partial charge in [-0.1, -0.05) is 18.2 Å². The van der Waals surface area contributed by atoms with Gasteiger partial charge in [-0.05, 0) is 22.9 Å². The van der Waals surface area contributed by atoms with Crippen LogP contribution in [-0.2, 0) is 0 Å². The summed E-state index contributed by atoms with van der Waals surface area (Å²) in [5.41, 5.74) is 1.96. The molecule has 0 spiro atoms. The van der Waals surface area contributed by atoms with Crippen LogP contribution in [0.4, 0.5) is 0 Å². The van der Waals surface area contributed by atoms with Gasteiger partial charge in [0.2, 0.25) is 0 Å². The van der Waals surface area contributed by atoms with Crippen molar-refractivity contribution >= 4 is 24.3 Å². The highest BCUT2D eigenvalue weighted by Crippen LogP contribution is 2.03.